The number of carbonyl (C=O) groups is 2. The van der Waals surface area contributed by atoms with Gasteiger partial charge in [-0.2, -0.15) is 0 Å². The van der Waals surface area contributed by atoms with E-state index in [2.05, 4.69) is 17.1 Å². The van der Waals surface area contributed by atoms with Gasteiger partial charge in [0.25, 0.3) is 5.91 Å². The summed E-state index contributed by atoms with van der Waals surface area (Å²) in [5.74, 6) is 1.14. The summed E-state index contributed by atoms with van der Waals surface area (Å²) in [5.41, 5.74) is 2.51. The van der Waals surface area contributed by atoms with Crippen molar-refractivity contribution in [2.45, 2.75) is 45.6 Å². The molecule has 4 rings (SSSR count). The summed E-state index contributed by atoms with van der Waals surface area (Å²) in [5, 5.41) is 3.38. The molecule has 192 valence electrons. The number of hydrogen-bond donors (Lipinski definition) is 1. The van der Waals surface area contributed by atoms with E-state index in [1.54, 1.807) is 36.3 Å². The van der Waals surface area contributed by atoms with Crippen LogP contribution in [0, 0.1) is 12.8 Å². The maximum atomic E-state index is 13.6. The maximum Gasteiger partial charge on any atom is 0.256 e. The molecule has 2 heterocycles. The number of amides is 2. The number of carbonyl (C=O) groups excluding carboxylic acids is 2. The average Bonchev–Trinajstić information content (AvgIpc) is 3.10. The zero-order chi connectivity index (χ0) is 25.7. The van der Waals surface area contributed by atoms with Gasteiger partial charge in [-0.15, -0.1) is 0 Å². The van der Waals surface area contributed by atoms with E-state index in [4.69, 9.17) is 17.0 Å². The fraction of sp³-hybridized carbons (Fsp3) is 0.464. The number of ether oxygens (including phenoxy) is 1. The number of nitrogens with zero attached hydrogens (tertiary/aromatic N) is 3. The van der Waals surface area contributed by atoms with Crippen LogP contribution in [-0.4, -0.2) is 66.1 Å². The lowest BCUT2D eigenvalue weighted by atomic mass is 9.99. The molecule has 0 bridgehead atoms. The predicted octanol–water partition coefficient (Wildman–Crippen LogP) is 4.46. The zero-order valence-electron chi connectivity index (χ0n) is 21.4. The summed E-state index contributed by atoms with van der Waals surface area (Å²) in [6.45, 7) is 8.16. The SMILES string of the molecule is COc1ccc(NC(=O)CC2C(=O)N(c3ccc(C)cc3)C(=S)N2CCCN2CCC(C)CC2)cc1. The topological polar surface area (TPSA) is 65.1 Å². The van der Waals surface area contributed by atoms with Crippen LogP contribution in [0.15, 0.2) is 48.5 Å². The molecule has 7 nitrogen and oxygen atoms in total. The molecule has 0 radical (unpaired) electrons. The van der Waals surface area contributed by atoms with Crippen LogP contribution >= 0.6 is 12.2 Å². The summed E-state index contributed by atoms with van der Waals surface area (Å²) in [4.78, 5) is 32.6. The third kappa shape index (κ3) is 6.23. The number of nitrogens with one attached hydrogen (secondary N) is 1. The summed E-state index contributed by atoms with van der Waals surface area (Å²) >= 11 is 5.80. The Morgan fingerprint density at radius 2 is 1.72 bits per heavy atom. The number of benzene rings is 2. The number of hydrogen-bond acceptors (Lipinski definition) is 5. The van der Waals surface area contributed by atoms with E-state index in [9.17, 15) is 9.59 Å². The Morgan fingerprint density at radius 3 is 2.36 bits per heavy atom. The number of aryl methyl sites for hydroxylation is 1. The molecule has 1 atom stereocenters. The molecule has 1 N–H and O–H groups in total. The van der Waals surface area contributed by atoms with E-state index in [0.29, 0.717) is 23.1 Å². The normalized spacial score (nSPS) is 19.1. The van der Waals surface area contributed by atoms with E-state index in [1.807, 2.05) is 36.1 Å². The van der Waals surface area contributed by atoms with Crippen LogP contribution in [0.4, 0.5) is 11.4 Å². The third-order valence-corrected chi connectivity index (χ3v) is 7.53. The smallest absolute Gasteiger partial charge is 0.256 e. The van der Waals surface area contributed by atoms with Crippen LogP contribution in [0.1, 0.15) is 38.2 Å². The molecule has 1 unspecified atom stereocenters. The van der Waals surface area contributed by atoms with Crippen LogP contribution in [-0.2, 0) is 9.59 Å². The lowest BCUT2D eigenvalue weighted by Gasteiger charge is -2.31. The van der Waals surface area contributed by atoms with E-state index in [0.717, 1.165) is 43.2 Å². The van der Waals surface area contributed by atoms with Gasteiger partial charge in [0.1, 0.15) is 11.8 Å². The molecular weight excluding hydrogens is 472 g/mol. The number of rotatable bonds is 9. The first-order valence-electron chi connectivity index (χ1n) is 12.7. The molecule has 2 amide bonds. The predicted molar refractivity (Wildman–Crippen MR) is 147 cm³/mol. The van der Waals surface area contributed by atoms with Gasteiger partial charge in [-0.3, -0.25) is 14.5 Å². The van der Waals surface area contributed by atoms with Crippen molar-refractivity contribution in [3.05, 3.63) is 54.1 Å². The maximum absolute atomic E-state index is 13.6. The number of piperidine rings is 1. The van der Waals surface area contributed by atoms with E-state index in [1.165, 1.54) is 12.8 Å². The van der Waals surface area contributed by atoms with Crippen LogP contribution in [0.3, 0.4) is 0 Å². The first kappa shape index (κ1) is 26.1. The van der Waals surface area contributed by atoms with Gasteiger partial charge in [0.15, 0.2) is 5.11 Å². The number of likely N-dealkylation sites (tertiary alicyclic amines) is 1. The molecule has 8 heteroatoms. The number of thiocarbonyl (C=S) groups is 1. The second-order valence-electron chi connectivity index (χ2n) is 9.86. The minimum absolute atomic E-state index is 0.0363. The van der Waals surface area contributed by atoms with Crippen LogP contribution < -0.4 is 15.0 Å². The number of anilines is 2. The summed E-state index contributed by atoms with van der Waals surface area (Å²) in [6, 6.07) is 14.3. The summed E-state index contributed by atoms with van der Waals surface area (Å²) in [7, 11) is 1.60. The van der Waals surface area contributed by atoms with Gasteiger partial charge >= 0.3 is 0 Å². The second-order valence-corrected chi connectivity index (χ2v) is 10.2. The van der Waals surface area contributed by atoms with Gasteiger partial charge in [-0.05, 0) is 100 Å². The zero-order valence-corrected chi connectivity index (χ0v) is 22.2. The molecular formula is C28H36N4O3S. The van der Waals surface area contributed by atoms with E-state index < -0.39 is 6.04 Å². The fourth-order valence-corrected chi connectivity index (χ4v) is 5.25. The third-order valence-electron chi connectivity index (χ3n) is 7.11. The van der Waals surface area contributed by atoms with Crippen molar-refractivity contribution < 1.29 is 14.3 Å². The molecule has 2 aromatic carbocycles. The highest BCUT2D eigenvalue weighted by Crippen LogP contribution is 2.28. The van der Waals surface area contributed by atoms with Crippen molar-refractivity contribution in [1.29, 1.82) is 0 Å². The quantitative estimate of drug-likeness (QED) is 0.505. The molecule has 2 saturated heterocycles. The van der Waals surface area contributed by atoms with Crippen molar-refractivity contribution in [2.24, 2.45) is 5.92 Å². The highest BCUT2D eigenvalue weighted by atomic mass is 32.1. The minimum atomic E-state index is -0.626. The Hall–Kier alpha value is -2.97. The largest absolute Gasteiger partial charge is 0.497 e. The Morgan fingerprint density at radius 1 is 1.06 bits per heavy atom. The second kappa shape index (κ2) is 11.8. The van der Waals surface area contributed by atoms with E-state index in [-0.39, 0.29) is 18.2 Å². The van der Waals surface area contributed by atoms with Gasteiger partial charge in [0.2, 0.25) is 5.91 Å². The van der Waals surface area contributed by atoms with Gasteiger partial charge in [0.05, 0.1) is 19.2 Å². The molecule has 0 aromatic heterocycles. The Labute approximate surface area is 219 Å². The fourth-order valence-electron chi connectivity index (χ4n) is 4.83. The molecule has 2 fully saturated rings. The van der Waals surface area contributed by atoms with Crippen LogP contribution in [0.5, 0.6) is 5.75 Å². The van der Waals surface area contributed by atoms with Crippen LogP contribution in [0.2, 0.25) is 0 Å². The first-order valence-corrected chi connectivity index (χ1v) is 13.1. The van der Waals surface area contributed by atoms with Gasteiger partial charge in [0, 0.05) is 12.2 Å². The minimum Gasteiger partial charge on any atom is -0.497 e. The Bertz CT molecular complexity index is 1070. The Balaban J connectivity index is 1.45. The average molecular weight is 509 g/mol. The highest BCUT2D eigenvalue weighted by Gasteiger charge is 2.43. The monoisotopic (exact) mass is 508 g/mol. The molecule has 2 aliphatic heterocycles. The van der Waals surface area contributed by atoms with Crippen molar-refractivity contribution >= 4 is 40.5 Å². The molecule has 0 saturated carbocycles. The molecule has 2 aromatic rings. The van der Waals surface area contributed by atoms with Crippen molar-refractivity contribution in [2.75, 3.05) is 43.5 Å². The molecule has 36 heavy (non-hydrogen) atoms. The summed E-state index contributed by atoms with van der Waals surface area (Å²) in [6.07, 6.45) is 3.39. The van der Waals surface area contributed by atoms with Gasteiger partial charge in [-0.1, -0.05) is 24.6 Å². The van der Waals surface area contributed by atoms with Crippen molar-refractivity contribution in [1.82, 2.24) is 9.80 Å². The number of methoxy groups -OCH3 is 1. The lowest BCUT2D eigenvalue weighted by molar-refractivity contribution is -0.124. The van der Waals surface area contributed by atoms with Crippen molar-refractivity contribution in [3.8, 4) is 5.75 Å². The van der Waals surface area contributed by atoms with Crippen LogP contribution in [0.25, 0.3) is 0 Å². The standard InChI is InChI=1S/C28H36N4O3S/c1-20-5-9-23(10-6-20)32-27(34)25(19-26(33)29-22-7-11-24(35-3)12-8-22)31(28(32)36)16-4-15-30-17-13-21(2)14-18-30/h5-12,21,25H,4,13-19H2,1-3H3,(H,29,33). The molecule has 0 aliphatic carbocycles. The van der Waals surface area contributed by atoms with Crippen molar-refractivity contribution in [3.63, 3.8) is 0 Å². The van der Waals surface area contributed by atoms with E-state index >= 15 is 0 Å². The lowest BCUT2D eigenvalue weighted by Crippen LogP contribution is -2.40. The first-order chi connectivity index (χ1) is 17.4. The summed E-state index contributed by atoms with van der Waals surface area (Å²) < 4.78 is 5.18. The molecule has 2 aliphatic rings. The Kier molecular flexibility index (Phi) is 8.59. The van der Waals surface area contributed by atoms with Gasteiger partial charge < -0.3 is 19.9 Å². The molecule has 0 spiro atoms. The highest BCUT2D eigenvalue weighted by molar-refractivity contribution is 7.80. The van der Waals surface area contributed by atoms with Gasteiger partial charge in [-0.25, -0.2) is 0 Å².